The molecule has 4 nitrogen and oxygen atoms in total. The average molecular weight is 247 g/mol. The maximum Gasteiger partial charge on any atom is 0.352 e. The van der Waals surface area contributed by atoms with Gasteiger partial charge in [-0.3, -0.25) is 4.79 Å². The molecule has 0 unspecified atom stereocenters. The summed E-state index contributed by atoms with van der Waals surface area (Å²) in [7, 11) is 0. The van der Waals surface area contributed by atoms with E-state index in [2.05, 4.69) is 0 Å². The van der Waals surface area contributed by atoms with Gasteiger partial charge in [0.05, 0.1) is 0 Å². The molecule has 3 rings (SSSR count). The molecule has 2 aliphatic rings. The molecule has 18 heavy (non-hydrogen) atoms. The van der Waals surface area contributed by atoms with E-state index in [-0.39, 0.29) is 11.5 Å². The Balaban J connectivity index is 2.02. The van der Waals surface area contributed by atoms with Gasteiger partial charge in [0, 0.05) is 17.8 Å². The van der Waals surface area contributed by atoms with Crippen LogP contribution in [0.1, 0.15) is 59.5 Å². The molecule has 0 spiro atoms. The Morgan fingerprint density at radius 3 is 2.22 bits per heavy atom. The predicted octanol–water partition coefficient (Wildman–Crippen LogP) is 2.75. The number of rotatable bonds is 5. The highest BCUT2D eigenvalue weighted by Crippen LogP contribution is 2.52. The van der Waals surface area contributed by atoms with Crippen molar-refractivity contribution >= 4 is 11.8 Å². The van der Waals surface area contributed by atoms with Crippen molar-refractivity contribution in [3.63, 3.8) is 0 Å². The van der Waals surface area contributed by atoms with E-state index in [4.69, 9.17) is 0 Å². The van der Waals surface area contributed by atoms with E-state index in [0.29, 0.717) is 23.4 Å². The third kappa shape index (κ3) is 1.96. The van der Waals surface area contributed by atoms with Crippen molar-refractivity contribution in [2.45, 2.75) is 38.6 Å². The van der Waals surface area contributed by atoms with Gasteiger partial charge in [-0.2, -0.15) is 0 Å². The van der Waals surface area contributed by atoms with Crippen LogP contribution < -0.4 is 0 Å². The molecule has 0 aromatic carbocycles. The Labute approximate surface area is 106 Å². The standard InChI is InChI=1S/C14H17NO3/c1-8(16)11-6-12(14(17)18)15(7-11)13(9-2-3-9)10-4-5-10/h6-7,9-10,13H,2-5H2,1H3,(H,17,18). The lowest BCUT2D eigenvalue weighted by Crippen LogP contribution is -2.17. The van der Waals surface area contributed by atoms with Crippen LogP contribution in [0.15, 0.2) is 12.3 Å². The molecule has 0 bridgehead atoms. The fraction of sp³-hybridized carbons (Fsp3) is 0.571. The SMILES string of the molecule is CC(=O)c1cc(C(=O)O)n(C(C2CC2)C2CC2)c1. The number of carbonyl (C=O) groups excluding carboxylic acids is 1. The normalized spacial score (nSPS) is 19.2. The highest BCUT2D eigenvalue weighted by atomic mass is 16.4. The molecule has 0 radical (unpaired) electrons. The minimum Gasteiger partial charge on any atom is -0.477 e. The molecule has 4 heteroatoms. The van der Waals surface area contributed by atoms with Gasteiger partial charge in [0.25, 0.3) is 0 Å². The van der Waals surface area contributed by atoms with Crippen molar-refractivity contribution in [3.8, 4) is 0 Å². The Morgan fingerprint density at radius 1 is 1.28 bits per heavy atom. The maximum absolute atomic E-state index is 11.4. The molecule has 2 saturated carbocycles. The highest BCUT2D eigenvalue weighted by molar-refractivity contribution is 5.97. The zero-order chi connectivity index (χ0) is 12.9. The smallest absolute Gasteiger partial charge is 0.352 e. The fourth-order valence-corrected chi connectivity index (χ4v) is 2.80. The number of hydrogen-bond acceptors (Lipinski definition) is 2. The molecule has 96 valence electrons. The molecule has 0 saturated heterocycles. The van der Waals surface area contributed by atoms with Crippen LogP contribution in [0.25, 0.3) is 0 Å². The number of Topliss-reactive ketones (excluding diaryl/α,β-unsaturated/α-hetero) is 1. The first kappa shape index (κ1) is 11.5. The van der Waals surface area contributed by atoms with Gasteiger partial charge < -0.3 is 9.67 Å². The number of carboxylic acids is 1. The molecule has 0 atom stereocenters. The van der Waals surface area contributed by atoms with Gasteiger partial charge in [0.1, 0.15) is 5.69 Å². The Kier molecular flexibility index (Phi) is 2.54. The second-order valence-corrected chi connectivity index (χ2v) is 5.55. The summed E-state index contributed by atoms with van der Waals surface area (Å²) >= 11 is 0. The first-order valence-electron chi connectivity index (χ1n) is 6.54. The topological polar surface area (TPSA) is 59.3 Å². The second-order valence-electron chi connectivity index (χ2n) is 5.55. The minimum atomic E-state index is -0.936. The average Bonchev–Trinajstić information content (AvgIpc) is 3.18. The fourth-order valence-electron chi connectivity index (χ4n) is 2.80. The lowest BCUT2D eigenvalue weighted by atomic mass is 10.1. The lowest BCUT2D eigenvalue weighted by molar-refractivity contribution is 0.0680. The Bertz CT molecular complexity index is 497. The third-order valence-electron chi connectivity index (χ3n) is 4.01. The van der Waals surface area contributed by atoms with Crippen LogP contribution in [0.3, 0.4) is 0 Å². The predicted molar refractivity (Wildman–Crippen MR) is 65.9 cm³/mol. The van der Waals surface area contributed by atoms with E-state index >= 15 is 0 Å². The van der Waals surface area contributed by atoms with Gasteiger partial charge in [0.15, 0.2) is 5.78 Å². The van der Waals surface area contributed by atoms with Gasteiger partial charge in [0.2, 0.25) is 0 Å². The van der Waals surface area contributed by atoms with Gasteiger partial charge in [-0.1, -0.05) is 0 Å². The van der Waals surface area contributed by atoms with E-state index in [0.717, 1.165) is 0 Å². The summed E-state index contributed by atoms with van der Waals surface area (Å²) in [6.45, 7) is 1.48. The molecule has 2 fully saturated rings. The third-order valence-corrected chi connectivity index (χ3v) is 4.01. The number of carboxylic acid groups (broad SMARTS) is 1. The zero-order valence-electron chi connectivity index (χ0n) is 10.4. The molecule has 0 aliphatic heterocycles. The summed E-state index contributed by atoms with van der Waals surface area (Å²) < 4.78 is 1.86. The number of nitrogens with zero attached hydrogens (tertiary/aromatic N) is 1. The highest BCUT2D eigenvalue weighted by Gasteiger charge is 2.43. The molecule has 1 aromatic heterocycles. The van der Waals surface area contributed by atoms with Crippen molar-refractivity contribution in [2.24, 2.45) is 11.8 Å². The summed E-state index contributed by atoms with van der Waals surface area (Å²) in [4.78, 5) is 22.7. The van der Waals surface area contributed by atoms with Crippen LogP contribution in [0.5, 0.6) is 0 Å². The quantitative estimate of drug-likeness (QED) is 0.814. The van der Waals surface area contributed by atoms with Crippen LogP contribution in [0, 0.1) is 11.8 Å². The van der Waals surface area contributed by atoms with E-state index < -0.39 is 5.97 Å². The summed E-state index contributed by atoms with van der Waals surface area (Å²) in [5, 5.41) is 9.28. The van der Waals surface area contributed by atoms with Crippen LogP contribution in [-0.2, 0) is 0 Å². The van der Waals surface area contributed by atoms with Crippen molar-refractivity contribution < 1.29 is 14.7 Å². The van der Waals surface area contributed by atoms with E-state index in [9.17, 15) is 14.7 Å². The van der Waals surface area contributed by atoms with E-state index in [1.54, 1.807) is 6.20 Å². The minimum absolute atomic E-state index is 0.0680. The summed E-state index contributed by atoms with van der Waals surface area (Å²) in [5.74, 6) is 0.223. The maximum atomic E-state index is 11.4. The lowest BCUT2D eigenvalue weighted by Gasteiger charge is -2.19. The van der Waals surface area contributed by atoms with Crippen molar-refractivity contribution in [2.75, 3.05) is 0 Å². The van der Waals surface area contributed by atoms with Gasteiger partial charge in [-0.15, -0.1) is 0 Å². The zero-order valence-corrected chi connectivity index (χ0v) is 10.4. The number of aromatic nitrogens is 1. The molecule has 1 heterocycles. The number of carbonyl (C=O) groups is 2. The number of ketones is 1. The van der Waals surface area contributed by atoms with Crippen molar-refractivity contribution in [1.82, 2.24) is 4.57 Å². The first-order chi connectivity index (χ1) is 8.58. The Hall–Kier alpha value is -1.58. The van der Waals surface area contributed by atoms with Crippen molar-refractivity contribution in [3.05, 3.63) is 23.5 Å². The van der Waals surface area contributed by atoms with Crippen LogP contribution in [0.4, 0.5) is 0 Å². The molecule has 2 aliphatic carbocycles. The molecule has 0 amide bonds. The summed E-state index contributed by atoms with van der Waals surface area (Å²) in [5.41, 5.74) is 0.780. The van der Waals surface area contributed by atoms with Gasteiger partial charge in [-0.25, -0.2) is 4.79 Å². The van der Waals surface area contributed by atoms with E-state index in [1.165, 1.54) is 38.7 Å². The second kappa shape index (κ2) is 3.97. The van der Waals surface area contributed by atoms with Gasteiger partial charge in [-0.05, 0) is 50.5 Å². The molecular formula is C14H17NO3. The Morgan fingerprint density at radius 2 is 1.83 bits per heavy atom. The van der Waals surface area contributed by atoms with Crippen molar-refractivity contribution in [1.29, 1.82) is 0 Å². The summed E-state index contributed by atoms with van der Waals surface area (Å²) in [6, 6.07) is 1.81. The van der Waals surface area contributed by atoms with Crippen LogP contribution in [0.2, 0.25) is 0 Å². The molecular weight excluding hydrogens is 230 g/mol. The van der Waals surface area contributed by atoms with E-state index in [1.807, 2.05) is 4.57 Å². The first-order valence-corrected chi connectivity index (χ1v) is 6.54. The van der Waals surface area contributed by atoms with Crippen LogP contribution >= 0.6 is 0 Å². The molecule has 1 N–H and O–H groups in total. The molecule has 1 aromatic rings. The van der Waals surface area contributed by atoms with Crippen LogP contribution in [-0.4, -0.2) is 21.4 Å². The number of aromatic carboxylic acids is 1. The largest absolute Gasteiger partial charge is 0.477 e. The summed E-state index contributed by atoms with van der Waals surface area (Å²) in [6.07, 6.45) is 6.50. The monoisotopic (exact) mass is 247 g/mol. The number of hydrogen-bond donors (Lipinski definition) is 1. The van der Waals surface area contributed by atoms with Gasteiger partial charge >= 0.3 is 5.97 Å².